The lowest BCUT2D eigenvalue weighted by Crippen LogP contribution is -2.28. The van der Waals surface area contributed by atoms with Crippen molar-refractivity contribution in [1.82, 2.24) is 15.5 Å². The van der Waals surface area contributed by atoms with E-state index in [-0.39, 0.29) is 65.3 Å². The molecular formula is C64H86N7O13S4+. The molecular weight excluding hydrogens is 1200 g/mol. The summed E-state index contributed by atoms with van der Waals surface area (Å²) in [5.41, 5.74) is 12.3. The SMILES string of the molecule is CCCCCN1C(=CC=C2CCCC(C=CC3=[N+](CCCCS(=O)(=O)O)c4ccc(S(=O)(=O)O)cc4C3(C)C)=C2c2ccc(CCCCC(=O)CCCOCCOCCNC(=O)CCC(=O)Nc3nnc(S(N)(=O)=O)s3)cc2)C(C)(C)c2cc(C)ccc21. The molecule has 7 rings (SSSR count). The van der Waals surface area contributed by atoms with Gasteiger partial charge in [0.05, 0.1) is 35.9 Å². The van der Waals surface area contributed by atoms with Crippen LogP contribution in [-0.4, -0.2) is 124 Å². The number of ether oxygens (including phenoxy) is 2. The van der Waals surface area contributed by atoms with Crippen LogP contribution in [0.5, 0.6) is 0 Å². The molecule has 0 unspecified atom stereocenters. The molecule has 0 radical (unpaired) electrons. The van der Waals surface area contributed by atoms with Crippen molar-refractivity contribution in [2.75, 3.05) is 62.0 Å². The first-order valence-corrected chi connectivity index (χ1v) is 35.7. The maximum atomic E-state index is 12.9. The van der Waals surface area contributed by atoms with Crippen LogP contribution in [0, 0.1) is 6.92 Å². The topological polar surface area (TPSA) is 295 Å². The number of ketones is 1. The van der Waals surface area contributed by atoms with Gasteiger partial charge in [-0.1, -0.05) is 99.1 Å². The Morgan fingerprint density at radius 1 is 0.761 bits per heavy atom. The number of Topliss-reactive ketones (excluding diaryl/α,β-unsaturated/α-hetero) is 1. The molecule has 0 atom stereocenters. The fourth-order valence-corrected chi connectivity index (χ4v) is 14.0. The number of allylic oxidation sites excluding steroid dienone is 8. The molecule has 3 aliphatic rings. The molecule has 4 aromatic rings. The summed E-state index contributed by atoms with van der Waals surface area (Å²) in [4.78, 5) is 39.4. The average molecular weight is 1290 g/mol. The number of nitrogens with one attached hydrogen (secondary N) is 2. The number of benzene rings is 3. The van der Waals surface area contributed by atoms with E-state index in [2.05, 4.69) is 125 Å². The highest BCUT2D eigenvalue weighted by molar-refractivity contribution is 7.91. The third kappa shape index (κ3) is 19.2. The van der Waals surface area contributed by atoms with Gasteiger partial charge in [0.2, 0.25) is 27.0 Å². The zero-order valence-corrected chi connectivity index (χ0v) is 54.7. The molecule has 1 aliphatic carbocycles. The van der Waals surface area contributed by atoms with Gasteiger partial charge in [-0.15, -0.1) is 10.2 Å². The summed E-state index contributed by atoms with van der Waals surface area (Å²) < 4.78 is 103. The first-order valence-electron chi connectivity index (χ1n) is 30.3. The van der Waals surface area contributed by atoms with Crippen LogP contribution in [0.2, 0.25) is 0 Å². The van der Waals surface area contributed by atoms with E-state index in [1.807, 2.05) is 13.8 Å². The van der Waals surface area contributed by atoms with Crippen LogP contribution in [0.4, 0.5) is 16.5 Å². The molecule has 24 heteroatoms. The number of carbonyl (C=O) groups excluding carboxylic acids is 3. The number of unbranched alkanes of at least 4 members (excludes halogenated alkanes) is 4. The van der Waals surface area contributed by atoms with Crippen LogP contribution in [0.3, 0.4) is 0 Å². The van der Waals surface area contributed by atoms with Crippen molar-refractivity contribution in [3.8, 4) is 0 Å². The number of nitrogens with zero attached hydrogens (tertiary/aromatic N) is 4. The number of aryl methyl sites for hydroxylation is 2. The maximum Gasteiger partial charge on any atom is 0.294 e. The van der Waals surface area contributed by atoms with E-state index in [0.29, 0.717) is 68.9 Å². The predicted molar refractivity (Wildman–Crippen MR) is 344 cm³/mol. The maximum absolute atomic E-state index is 12.9. The fourth-order valence-electron chi connectivity index (χ4n) is 11.6. The van der Waals surface area contributed by atoms with Crippen LogP contribution in [0.25, 0.3) is 5.57 Å². The lowest BCUT2D eigenvalue weighted by Gasteiger charge is -2.28. The number of hydrogen-bond donors (Lipinski definition) is 5. The Kier molecular flexibility index (Phi) is 24.5. The van der Waals surface area contributed by atoms with Crippen LogP contribution < -0.4 is 20.7 Å². The van der Waals surface area contributed by atoms with Crippen LogP contribution >= 0.6 is 11.3 Å². The van der Waals surface area contributed by atoms with Gasteiger partial charge in [-0.3, -0.25) is 23.5 Å². The van der Waals surface area contributed by atoms with Gasteiger partial charge in [-0.2, -0.15) is 21.4 Å². The number of nitrogens with two attached hydrogens (primary N) is 1. The first-order chi connectivity index (χ1) is 41.7. The Labute approximate surface area is 523 Å². The van der Waals surface area contributed by atoms with Crippen molar-refractivity contribution in [1.29, 1.82) is 0 Å². The molecule has 0 saturated heterocycles. The van der Waals surface area contributed by atoms with Gasteiger partial charge in [0.15, 0.2) is 5.71 Å². The number of anilines is 2. The molecule has 0 spiro atoms. The van der Waals surface area contributed by atoms with Gasteiger partial charge in [-0.25, -0.2) is 13.6 Å². The molecule has 2 amide bonds. The molecule has 0 fully saturated rings. The number of amides is 2. The number of fused-ring (bicyclic) bond motifs is 2. The minimum absolute atomic E-state index is 0.0415. The quantitative estimate of drug-likeness (QED) is 0.0126. The molecule has 20 nitrogen and oxygen atoms in total. The molecule has 0 saturated carbocycles. The van der Waals surface area contributed by atoms with Crippen molar-refractivity contribution in [2.24, 2.45) is 5.14 Å². The van der Waals surface area contributed by atoms with Crippen LogP contribution in [0.1, 0.15) is 159 Å². The summed E-state index contributed by atoms with van der Waals surface area (Å²) >= 11 is 0.609. The molecule has 1 aromatic heterocycles. The largest absolute Gasteiger partial charge is 0.379 e. The zero-order valence-electron chi connectivity index (χ0n) is 51.4. The average Bonchev–Trinajstić information content (AvgIpc) is 1.62. The second kappa shape index (κ2) is 31.1. The summed E-state index contributed by atoms with van der Waals surface area (Å²) in [6.07, 6.45) is 19.2. The summed E-state index contributed by atoms with van der Waals surface area (Å²) in [6, 6.07) is 20.1. The Hall–Kier alpha value is -6.09. The molecule has 3 heterocycles. The zero-order chi connectivity index (χ0) is 63.9. The highest BCUT2D eigenvalue weighted by atomic mass is 32.2. The highest BCUT2D eigenvalue weighted by Gasteiger charge is 2.45. The van der Waals surface area contributed by atoms with Crippen molar-refractivity contribution < 1.29 is 62.8 Å². The second-order valence-corrected chi connectivity index (χ2v) is 29.4. The van der Waals surface area contributed by atoms with E-state index in [4.69, 9.17) is 14.6 Å². The first kappa shape index (κ1) is 69.4. The Bertz CT molecular complexity index is 3680. The number of hydrogen-bond acceptors (Lipinski definition) is 15. The van der Waals surface area contributed by atoms with Gasteiger partial charge in [0.25, 0.3) is 30.3 Å². The van der Waals surface area contributed by atoms with E-state index in [1.165, 1.54) is 45.8 Å². The molecule has 478 valence electrons. The number of sulfonamides is 1. The smallest absolute Gasteiger partial charge is 0.294 e. The lowest BCUT2D eigenvalue weighted by atomic mass is 9.79. The van der Waals surface area contributed by atoms with Gasteiger partial charge in [-0.05, 0) is 136 Å². The molecule has 0 bridgehead atoms. The Morgan fingerprint density at radius 3 is 2.19 bits per heavy atom. The molecule has 2 aliphatic heterocycles. The van der Waals surface area contributed by atoms with E-state index in [0.717, 1.165) is 92.4 Å². The molecule has 88 heavy (non-hydrogen) atoms. The van der Waals surface area contributed by atoms with Crippen LogP contribution in [0.15, 0.2) is 111 Å². The second-order valence-electron chi connectivity index (χ2n) is 23.7. The third-order valence-electron chi connectivity index (χ3n) is 16.2. The summed E-state index contributed by atoms with van der Waals surface area (Å²) in [6.45, 7) is 15.9. The number of primary sulfonamides is 1. The number of aromatic nitrogens is 2. The van der Waals surface area contributed by atoms with Gasteiger partial charge in [0.1, 0.15) is 12.3 Å². The Balaban J connectivity index is 0.974. The van der Waals surface area contributed by atoms with Crippen molar-refractivity contribution >= 4 is 87.0 Å². The van der Waals surface area contributed by atoms with Gasteiger partial charge in [0, 0.05) is 86.3 Å². The van der Waals surface area contributed by atoms with Gasteiger partial charge >= 0.3 is 0 Å². The monoisotopic (exact) mass is 1290 g/mol. The Morgan fingerprint density at radius 2 is 1.49 bits per heavy atom. The third-order valence-corrected chi connectivity index (χ3v) is 20.0. The lowest BCUT2D eigenvalue weighted by molar-refractivity contribution is -0.438. The van der Waals surface area contributed by atoms with Crippen molar-refractivity contribution in [3.63, 3.8) is 0 Å². The summed E-state index contributed by atoms with van der Waals surface area (Å²) in [5, 5.41) is 17.0. The van der Waals surface area contributed by atoms with E-state index in [1.54, 1.807) is 6.07 Å². The standard InChI is InChI=1S/C64H85N7O13S4/c1-7-8-11-36-70-54-29-21-45(2)43-52(54)63(3,4)56(70)31-26-47-17-14-18-48(27-32-57-64(5,6)53-44-51(88(80,81)82)28-30-55(53)71(57)37-12-13-42-86(75,76)77)60(47)49-24-22-46(23-25-49)16-9-10-19-50(72)20-15-38-83-40-41-84-39-35-66-58(73)33-34-59(74)67-61-68-69-62(85-61)87(65,78)79/h21-32,43-44H,7-20,33-42H2,1-6H3,(H5-,65,66,67,68,73,74,75,76,77,78,79,80,81,82)/p+1. The molecule has 3 aromatic carbocycles. The highest BCUT2D eigenvalue weighted by Crippen LogP contribution is 2.49. The summed E-state index contributed by atoms with van der Waals surface area (Å²) in [5.74, 6) is -1.08. The van der Waals surface area contributed by atoms with Crippen molar-refractivity contribution in [2.45, 2.75) is 164 Å². The number of rotatable bonds is 34. The summed E-state index contributed by atoms with van der Waals surface area (Å²) in [7, 11) is -12.7. The predicted octanol–water partition coefficient (Wildman–Crippen LogP) is 10.4. The van der Waals surface area contributed by atoms with E-state index >= 15 is 0 Å². The van der Waals surface area contributed by atoms with E-state index in [9.17, 15) is 48.7 Å². The van der Waals surface area contributed by atoms with E-state index < -0.39 is 45.9 Å². The minimum atomic E-state index is -4.50. The van der Waals surface area contributed by atoms with Crippen molar-refractivity contribution in [3.05, 3.63) is 130 Å². The fraction of sp³-hybridized carbons (Fsp3) is 0.500. The van der Waals surface area contributed by atoms with Gasteiger partial charge < -0.3 is 25.0 Å². The normalized spacial score (nSPS) is 16.7. The molecule has 6 N–H and O–H groups in total. The van der Waals surface area contributed by atoms with Crippen LogP contribution in [-0.2, 0) is 71.4 Å². The number of carbonyl (C=O) groups is 3. The minimum Gasteiger partial charge on any atom is -0.379 e.